The first-order valence-corrected chi connectivity index (χ1v) is 7.08. The number of aromatic nitrogens is 1. The van der Waals surface area contributed by atoms with Gasteiger partial charge in [-0.15, -0.1) is 0 Å². The van der Waals surface area contributed by atoms with E-state index in [1.165, 1.54) is 6.42 Å². The molecular formula is C12H13BrClN3O. The van der Waals surface area contributed by atoms with Crippen LogP contribution in [0.3, 0.4) is 0 Å². The lowest BCUT2D eigenvalue weighted by Gasteiger charge is -2.20. The molecular weight excluding hydrogens is 318 g/mol. The molecule has 0 radical (unpaired) electrons. The molecule has 6 heteroatoms. The van der Waals surface area contributed by atoms with E-state index in [0.717, 1.165) is 16.4 Å². The van der Waals surface area contributed by atoms with Crippen molar-refractivity contribution in [2.45, 2.75) is 31.8 Å². The molecule has 2 heterocycles. The number of fused-ring (bicyclic) bond motifs is 1. The molecule has 3 rings (SSSR count). The number of anilines is 1. The van der Waals surface area contributed by atoms with Crippen LogP contribution in [-0.4, -0.2) is 23.0 Å². The molecule has 1 saturated carbocycles. The molecule has 1 aliphatic carbocycles. The molecule has 0 unspecified atom stereocenters. The van der Waals surface area contributed by atoms with Gasteiger partial charge in [-0.25, -0.2) is 9.40 Å². The van der Waals surface area contributed by atoms with Crippen LogP contribution in [0.25, 0.3) is 0 Å². The number of halogens is 2. The quantitative estimate of drug-likeness (QED) is 0.669. The summed E-state index contributed by atoms with van der Waals surface area (Å²) in [5, 5.41) is 3.30. The van der Waals surface area contributed by atoms with E-state index in [0.29, 0.717) is 22.4 Å². The number of piperidine rings is 1. The summed E-state index contributed by atoms with van der Waals surface area (Å²) in [7, 11) is 0. The number of carbonyl (C=O) groups excluding carboxylic acids is 1. The van der Waals surface area contributed by atoms with Gasteiger partial charge in [-0.3, -0.25) is 4.79 Å². The Labute approximate surface area is 119 Å². The summed E-state index contributed by atoms with van der Waals surface area (Å²) in [5.41, 5.74) is 0.879. The standard InChI is InChI=1S/C12H13BrClN3O/c1-6-2-3-10(13)16-11(6)17(14)12(18)9-5-7-4-8(7)15-9/h2-3,7-9,15H,4-5H2,1H3/t7-,8-,9-/m0/s1. The van der Waals surface area contributed by atoms with Crippen molar-refractivity contribution >= 4 is 39.4 Å². The molecule has 0 aromatic carbocycles. The Kier molecular flexibility index (Phi) is 3.08. The van der Waals surface area contributed by atoms with Crippen molar-refractivity contribution in [1.29, 1.82) is 0 Å². The first kappa shape index (κ1) is 12.4. The normalized spacial score (nSPS) is 28.9. The largest absolute Gasteiger partial charge is 0.303 e. The molecule has 1 saturated heterocycles. The van der Waals surface area contributed by atoms with E-state index < -0.39 is 0 Å². The van der Waals surface area contributed by atoms with E-state index in [1.54, 1.807) is 0 Å². The highest BCUT2D eigenvalue weighted by atomic mass is 79.9. The van der Waals surface area contributed by atoms with Gasteiger partial charge < -0.3 is 5.32 Å². The van der Waals surface area contributed by atoms with Gasteiger partial charge in [0.25, 0.3) is 5.91 Å². The highest BCUT2D eigenvalue weighted by Crippen LogP contribution is 2.41. The van der Waals surface area contributed by atoms with E-state index in [9.17, 15) is 4.79 Å². The Hall–Kier alpha value is -0.650. The SMILES string of the molecule is Cc1ccc(Br)nc1N(Cl)C(=O)[C@@H]1C[C@@H]2C[C@@H]2N1. The first-order chi connectivity index (χ1) is 8.56. The average Bonchev–Trinajstić information content (AvgIpc) is 2.97. The zero-order valence-corrected chi connectivity index (χ0v) is 12.2. The topological polar surface area (TPSA) is 45.2 Å². The second kappa shape index (κ2) is 4.47. The highest BCUT2D eigenvalue weighted by molar-refractivity contribution is 9.10. The summed E-state index contributed by atoms with van der Waals surface area (Å²) in [6.07, 6.45) is 2.08. The average molecular weight is 331 g/mol. The number of rotatable bonds is 2. The maximum atomic E-state index is 12.3. The lowest BCUT2D eigenvalue weighted by atomic mass is 10.1. The molecule has 1 aliphatic heterocycles. The van der Waals surface area contributed by atoms with Crippen LogP contribution in [-0.2, 0) is 4.79 Å². The van der Waals surface area contributed by atoms with Crippen molar-refractivity contribution in [3.05, 3.63) is 22.3 Å². The van der Waals surface area contributed by atoms with Crippen LogP contribution in [0.1, 0.15) is 18.4 Å². The van der Waals surface area contributed by atoms with Crippen molar-refractivity contribution in [3.8, 4) is 0 Å². The van der Waals surface area contributed by atoms with Gasteiger partial charge in [0.1, 0.15) is 4.60 Å². The lowest BCUT2D eigenvalue weighted by molar-refractivity contribution is -0.119. The summed E-state index contributed by atoms with van der Waals surface area (Å²) >= 11 is 9.43. The minimum atomic E-state index is -0.161. The molecule has 0 bridgehead atoms. The van der Waals surface area contributed by atoms with E-state index in [-0.39, 0.29) is 11.9 Å². The summed E-state index contributed by atoms with van der Waals surface area (Å²) < 4.78 is 1.81. The molecule has 1 aromatic rings. The highest BCUT2D eigenvalue weighted by Gasteiger charge is 2.48. The second-order valence-electron chi connectivity index (χ2n) is 4.95. The molecule has 1 aromatic heterocycles. The minimum absolute atomic E-state index is 0.113. The summed E-state index contributed by atoms with van der Waals surface area (Å²) in [5.74, 6) is 1.05. The van der Waals surface area contributed by atoms with Crippen LogP contribution in [0.5, 0.6) is 0 Å². The molecule has 4 nitrogen and oxygen atoms in total. The van der Waals surface area contributed by atoms with Crippen LogP contribution in [0.15, 0.2) is 16.7 Å². The molecule has 18 heavy (non-hydrogen) atoms. The monoisotopic (exact) mass is 329 g/mol. The second-order valence-corrected chi connectivity index (χ2v) is 6.10. The number of carbonyl (C=O) groups is 1. The molecule has 1 N–H and O–H groups in total. The number of nitrogens with zero attached hydrogens (tertiary/aromatic N) is 2. The van der Waals surface area contributed by atoms with E-state index in [2.05, 4.69) is 26.2 Å². The van der Waals surface area contributed by atoms with E-state index in [4.69, 9.17) is 11.8 Å². The third-order valence-corrected chi connectivity index (χ3v) is 4.36. The third kappa shape index (κ3) is 2.15. The van der Waals surface area contributed by atoms with Crippen LogP contribution >= 0.6 is 27.7 Å². The van der Waals surface area contributed by atoms with Crippen LogP contribution in [0.2, 0.25) is 0 Å². The van der Waals surface area contributed by atoms with Crippen LogP contribution < -0.4 is 9.74 Å². The van der Waals surface area contributed by atoms with Crippen molar-refractivity contribution in [3.63, 3.8) is 0 Å². The number of nitrogens with one attached hydrogen (secondary N) is 1. The van der Waals surface area contributed by atoms with E-state index in [1.807, 2.05) is 19.1 Å². The van der Waals surface area contributed by atoms with Crippen LogP contribution in [0.4, 0.5) is 5.82 Å². The predicted molar refractivity (Wildman–Crippen MR) is 73.4 cm³/mol. The molecule has 2 aliphatic rings. The van der Waals surface area contributed by atoms with Crippen molar-refractivity contribution in [2.24, 2.45) is 5.92 Å². The lowest BCUT2D eigenvalue weighted by Crippen LogP contribution is -2.41. The van der Waals surface area contributed by atoms with Gasteiger partial charge >= 0.3 is 0 Å². The smallest absolute Gasteiger partial charge is 0.260 e. The number of hydrogen-bond acceptors (Lipinski definition) is 3. The van der Waals surface area contributed by atoms with Crippen molar-refractivity contribution in [1.82, 2.24) is 10.3 Å². The minimum Gasteiger partial charge on any atom is -0.303 e. The van der Waals surface area contributed by atoms with Gasteiger partial charge in [0, 0.05) is 17.8 Å². The van der Waals surface area contributed by atoms with Gasteiger partial charge in [-0.1, -0.05) is 6.07 Å². The number of pyridine rings is 1. The fraction of sp³-hybridized carbons (Fsp3) is 0.500. The van der Waals surface area contributed by atoms with Gasteiger partial charge in [0.15, 0.2) is 5.82 Å². The van der Waals surface area contributed by atoms with Gasteiger partial charge in [-0.2, -0.15) is 0 Å². The molecule has 96 valence electrons. The van der Waals surface area contributed by atoms with Gasteiger partial charge in [-0.05, 0) is 53.2 Å². The van der Waals surface area contributed by atoms with Crippen molar-refractivity contribution in [2.75, 3.05) is 4.42 Å². The van der Waals surface area contributed by atoms with Gasteiger partial charge in [0.05, 0.1) is 6.04 Å². The summed E-state index contributed by atoms with van der Waals surface area (Å²) in [6.45, 7) is 1.89. The predicted octanol–water partition coefficient (Wildman–Crippen LogP) is 2.39. The first-order valence-electron chi connectivity index (χ1n) is 5.95. The zero-order valence-electron chi connectivity index (χ0n) is 9.86. The van der Waals surface area contributed by atoms with Crippen LogP contribution in [0, 0.1) is 12.8 Å². The maximum Gasteiger partial charge on any atom is 0.260 e. The Morgan fingerprint density at radius 2 is 2.33 bits per heavy atom. The number of amides is 1. The fourth-order valence-corrected chi connectivity index (χ4v) is 3.04. The number of hydrogen-bond donors (Lipinski definition) is 1. The maximum absolute atomic E-state index is 12.3. The Bertz CT molecular complexity index is 500. The third-order valence-electron chi connectivity index (χ3n) is 3.59. The Morgan fingerprint density at radius 1 is 1.56 bits per heavy atom. The zero-order chi connectivity index (χ0) is 12.9. The fourth-order valence-electron chi connectivity index (χ4n) is 2.45. The van der Waals surface area contributed by atoms with Gasteiger partial charge in [0.2, 0.25) is 0 Å². The number of aryl methyl sites for hydroxylation is 1. The summed E-state index contributed by atoms with van der Waals surface area (Å²) in [4.78, 5) is 16.5. The Morgan fingerprint density at radius 3 is 3.00 bits per heavy atom. The molecule has 3 atom stereocenters. The Balaban J connectivity index is 1.78. The van der Waals surface area contributed by atoms with Crippen molar-refractivity contribution < 1.29 is 4.79 Å². The summed E-state index contributed by atoms with van der Waals surface area (Å²) in [6, 6.07) is 4.08. The van der Waals surface area contributed by atoms with E-state index >= 15 is 0 Å². The molecule has 1 amide bonds. The molecule has 2 fully saturated rings. The molecule has 0 spiro atoms.